The first-order valence-electron chi connectivity index (χ1n) is 6.41. The molecule has 1 aromatic carbocycles. The molecule has 1 fully saturated rings. The van der Waals surface area contributed by atoms with Crippen molar-refractivity contribution in [3.05, 3.63) is 28.8 Å². The molecule has 1 aliphatic rings. The molecule has 1 aromatic rings. The maximum Gasteiger partial charge on any atom is 0.123 e. The van der Waals surface area contributed by atoms with E-state index in [4.69, 9.17) is 26.8 Å². The van der Waals surface area contributed by atoms with Gasteiger partial charge in [0.15, 0.2) is 0 Å². The van der Waals surface area contributed by atoms with Gasteiger partial charge in [-0.1, -0.05) is 11.6 Å². The largest absolute Gasteiger partial charge is 0.496 e. The molecule has 2 N–H and O–H groups in total. The number of methoxy groups -OCH3 is 1. The second-order valence-corrected chi connectivity index (χ2v) is 5.14. The van der Waals surface area contributed by atoms with Gasteiger partial charge in [-0.2, -0.15) is 0 Å². The van der Waals surface area contributed by atoms with E-state index in [9.17, 15) is 0 Å². The molecule has 3 nitrogen and oxygen atoms in total. The highest BCUT2D eigenvalue weighted by atomic mass is 35.5. The van der Waals surface area contributed by atoms with Crippen LogP contribution in [0, 0.1) is 0 Å². The number of benzene rings is 1. The number of nitrogens with two attached hydrogens (primary N) is 1. The second-order valence-electron chi connectivity index (χ2n) is 4.71. The number of hydrogen-bond donors (Lipinski definition) is 1. The van der Waals surface area contributed by atoms with Gasteiger partial charge in [0.2, 0.25) is 0 Å². The van der Waals surface area contributed by atoms with Crippen molar-refractivity contribution in [1.82, 2.24) is 0 Å². The Kier molecular flexibility index (Phi) is 4.87. The molecule has 0 saturated carbocycles. The van der Waals surface area contributed by atoms with Gasteiger partial charge in [-0.25, -0.2) is 0 Å². The van der Waals surface area contributed by atoms with E-state index >= 15 is 0 Å². The molecule has 4 heteroatoms. The van der Waals surface area contributed by atoms with Crippen LogP contribution >= 0.6 is 11.6 Å². The van der Waals surface area contributed by atoms with Gasteiger partial charge in [0, 0.05) is 23.2 Å². The molecule has 2 rings (SSSR count). The minimum Gasteiger partial charge on any atom is -0.496 e. The van der Waals surface area contributed by atoms with Gasteiger partial charge in [0.25, 0.3) is 0 Å². The number of rotatable bonds is 5. The normalized spacial score (nSPS) is 20.9. The molecule has 2 atom stereocenters. The Morgan fingerprint density at radius 3 is 3.06 bits per heavy atom. The van der Waals surface area contributed by atoms with E-state index in [1.165, 1.54) is 6.42 Å². The molecule has 100 valence electrons. The fraction of sp³-hybridized carbons (Fsp3) is 0.571. The molecule has 18 heavy (non-hydrogen) atoms. The van der Waals surface area contributed by atoms with Crippen LogP contribution in [0.25, 0.3) is 0 Å². The van der Waals surface area contributed by atoms with E-state index in [-0.39, 0.29) is 6.04 Å². The smallest absolute Gasteiger partial charge is 0.123 e. The Labute approximate surface area is 113 Å². The lowest BCUT2D eigenvalue weighted by atomic mass is 9.99. The average molecular weight is 270 g/mol. The van der Waals surface area contributed by atoms with E-state index in [1.54, 1.807) is 7.11 Å². The van der Waals surface area contributed by atoms with E-state index < -0.39 is 0 Å². The Bertz CT molecular complexity index is 391. The van der Waals surface area contributed by atoms with Crippen molar-refractivity contribution >= 4 is 11.6 Å². The topological polar surface area (TPSA) is 44.5 Å². The van der Waals surface area contributed by atoms with Crippen LogP contribution in [0.1, 0.15) is 37.3 Å². The molecule has 0 radical (unpaired) electrons. The van der Waals surface area contributed by atoms with Gasteiger partial charge < -0.3 is 15.2 Å². The Hall–Kier alpha value is -0.770. The fourth-order valence-corrected chi connectivity index (χ4v) is 2.57. The van der Waals surface area contributed by atoms with Crippen LogP contribution in [0.4, 0.5) is 0 Å². The Balaban J connectivity index is 1.98. The lowest BCUT2D eigenvalue weighted by Gasteiger charge is -2.17. The molecule has 2 unspecified atom stereocenters. The van der Waals surface area contributed by atoms with E-state index in [2.05, 4.69) is 0 Å². The maximum atomic E-state index is 6.22. The highest BCUT2D eigenvalue weighted by Gasteiger charge is 2.18. The van der Waals surface area contributed by atoms with Crippen molar-refractivity contribution in [2.45, 2.75) is 37.8 Å². The van der Waals surface area contributed by atoms with Gasteiger partial charge in [-0.15, -0.1) is 0 Å². The van der Waals surface area contributed by atoms with Crippen LogP contribution in [-0.2, 0) is 4.74 Å². The van der Waals surface area contributed by atoms with Gasteiger partial charge in [-0.3, -0.25) is 0 Å². The minimum absolute atomic E-state index is 0.0529. The predicted octanol–water partition coefficient (Wildman–Crippen LogP) is 3.31. The standard InChI is InChI=1S/C14H20ClNO2/c1-17-14-7-4-10(15)9-12(14)13(16)6-5-11-3-2-8-18-11/h4,7,9,11,13H,2-3,5-6,8,16H2,1H3. The first-order chi connectivity index (χ1) is 8.70. The van der Waals surface area contributed by atoms with Crippen molar-refractivity contribution in [3.63, 3.8) is 0 Å². The third kappa shape index (κ3) is 3.37. The number of halogens is 1. The summed E-state index contributed by atoms with van der Waals surface area (Å²) in [6, 6.07) is 5.52. The zero-order valence-corrected chi connectivity index (χ0v) is 11.5. The quantitative estimate of drug-likeness (QED) is 0.892. The van der Waals surface area contributed by atoms with Crippen molar-refractivity contribution in [3.8, 4) is 5.75 Å². The van der Waals surface area contributed by atoms with E-state index in [0.717, 1.165) is 37.2 Å². The third-order valence-electron chi connectivity index (χ3n) is 3.41. The van der Waals surface area contributed by atoms with Crippen LogP contribution in [-0.4, -0.2) is 19.8 Å². The predicted molar refractivity (Wildman–Crippen MR) is 73.1 cm³/mol. The molecule has 1 heterocycles. The summed E-state index contributed by atoms with van der Waals surface area (Å²) in [6.45, 7) is 0.889. The Morgan fingerprint density at radius 1 is 1.56 bits per heavy atom. The molecule has 0 amide bonds. The van der Waals surface area contributed by atoms with Gasteiger partial charge in [0.1, 0.15) is 5.75 Å². The monoisotopic (exact) mass is 269 g/mol. The highest BCUT2D eigenvalue weighted by molar-refractivity contribution is 6.30. The highest BCUT2D eigenvalue weighted by Crippen LogP contribution is 2.30. The molecule has 0 spiro atoms. The summed E-state index contributed by atoms with van der Waals surface area (Å²) >= 11 is 6.01. The summed E-state index contributed by atoms with van der Waals surface area (Å²) in [7, 11) is 1.65. The van der Waals surface area contributed by atoms with Crippen LogP contribution in [0.15, 0.2) is 18.2 Å². The first-order valence-corrected chi connectivity index (χ1v) is 6.79. The van der Waals surface area contributed by atoms with Crippen LogP contribution in [0.3, 0.4) is 0 Å². The second kappa shape index (κ2) is 6.41. The van der Waals surface area contributed by atoms with Crippen molar-refractivity contribution in [2.24, 2.45) is 5.73 Å². The fourth-order valence-electron chi connectivity index (χ4n) is 2.39. The van der Waals surface area contributed by atoms with Crippen LogP contribution < -0.4 is 10.5 Å². The summed E-state index contributed by atoms with van der Waals surface area (Å²) in [5.74, 6) is 0.805. The SMILES string of the molecule is COc1ccc(Cl)cc1C(N)CCC1CCCO1. The lowest BCUT2D eigenvalue weighted by Crippen LogP contribution is -2.15. The number of hydrogen-bond acceptors (Lipinski definition) is 3. The van der Waals surface area contributed by atoms with Crippen molar-refractivity contribution in [1.29, 1.82) is 0 Å². The summed E-state index contributed by atoms with van der Waals surface area (Å²) < 4.78 is 10.9. The molecular formula is C14H20ClNO2. The molecule has 1 saturated heterocycles. The first kappa shape index (κ1) is 13.7. The zero-order valence-electron chi connectivity index (χ0n) is 10.7. The van der Waals surface area contributed by atoms with Crippen LogP contribution in [0.2, 0.25) is 5.02 Å². The molecule has 1 aliphatic heterocycles. The molecule has 0 aromatic heterocycles. The summed E-state index contributed by atoms with van der Waals surface area (Å²) in [5.41, 5.74) is 7.20. The Morgan fingerprint density at radius 2 is 2.39 bits per heavy atom. The molecular weight excluding hydrogens is 250 g/mol. The van der Waals surface area contributed by atoms with Crippen LogP contribution in [0.5, 0.6) is 5.75 Å². The van der Waals surface area contributed by atoms with E-state index in [0.29, 0.717) is 11.1 Å². The summed E-state index contributed by atoms with van der Waals surface area (Å²) in [5, 5.41) is 0.693. The summed E-state index contributed by atoms with van der Waals surface area (Å²) in [4.78, 5) is 0. The zero-order chi connectivity index (χ0) is 13.0. The minimum atomic E-state index is -0.0529. The maximum absolute atomic E-state index is 6.22. The average Bonchev–Trinajstić information content (AvgIpc) is 2.89. The van der Waals surface area contributed by atoms with Crippen molar-refractivity contribution < 1.29 is 9.47 Å². The number of ether oxygens (including phenoxy) is 2. The lowest BCUT2D eigenvalue weighted by molar-refractivity contribution is 0.101. The van der Waals surface area contributed by atoms with Gasteiger partial charge >= 0.3 is 0 Å². The van der Waals surface area contributed by atoms with Crippen molar-refractivity contribution in [2.75, 3.05) is 13.7 Å². The van der Waals surface area contributed by atoms with Gasteiger partial charge in [-0.05, 0) is 43.9 Å². The summed E-state index contributed by atoms with van der Waals surface area (Å²) in [6.07, 6.45) is 4.58. The van der Waals surface area contributed by atoms with E-state index in [1.807, 2.05) is 18.2 Å². The van der Waals surface area contributed by atoms with Gasteiger partial charge in [0.05, 0.1) is 13.2 Å². The molecule has 0 bridgehead atoms. The third-order valence-corrected chi connectivity index (χ3v) is 3.65. The molecule has 0 aliphatic carbocycles.